The first-order valence-electron chi connectivity index (χ1n) is 6.64. The second kappa shape index (κ2) is 7.44. The van der Waals surface area contributed by atoms with Crippen LogP contribution in [0.1, 0.15) is 15.9 Å². The molecule has 122 valence electrons. The molecule has 0 aliphatic heterocycles. The van der Waals surface area contributed by atoms with Crippen molar-refractivity contribution in [2.24, 2.45) is 5.73 Å². The number of halogens is 2. The van der Waals surface area contributed by atoms with Crippen LogP contribution in [0.4, 0.5) is 8.78 Å². The summed E-state index contributed by atoms with van der Waals surface area (Å²) in [5.74, 6) is -0.0890. The zero-order valence-corrected chi connectivity index (χ0v) is 12.3. The molecule has 23 heavy (non-hydrogen) atoms. The molecule has 0 radical (unpaired) electrons. The molecule has 7 heteroatoms. The summed E-state index contributed by atoms with van der Waals surface area (Å²) in [5, 5.41) is 0. The van der Waals surface area contributed by atoms with E-state index in [0.29, 0.717) is 11.3 Å². The van der Waals surface area contributed by atoms with Gasteiger partial charge < -0.3 is 19.9 Å². The van der Waals surface area contributed by atoms with Crippen molar-refractivity contribution in [3.63, 3.8) is 0 Å². The number of nitrogens with two attached hydrogens (primary N) is 1. The van der Waals surface area contributed by atoms with E-state index in [1.807, 2.05) is 0 Å². The first-order chi connectivity index (χ1) is 11.0. The Balaban J connectivity index is 2.19. The van der Waals surface area contributed by atoms with E-state index in [-0.39, 0.29) is 23.7 Å². The average molecular weight is 323 g/mol. The van der Waals surface area contributed by atoms with E-state index in [9.17, 15) is 13.6 Å². The van der Waals surface area contributed by atoms with Crippen LogP contribution in [0.5, 0.6) is 17.2 Å². The number of carbonyl (C=O) groups is 1. The van der Waals surface area contributed by atoms with Crippen molar-refractivity contribution in [3.05, 3.63) is 53.6 Å². The van der Waals surface area contributed by atoms with Crippen LogP contribution in [-0.2, 0) is 6.61 Å². The number of carbonyl (C=O) groups excluding carboxylic acids is 1. The Morgan fingerprint density at radius 2 is 1.96 bits per heavy atom. The van der Waals surface area contributed by atoms with Crippen molar-refractivity contribution in [2.45, 2.75) is 13.2 Å². The highest BCUT2D eigenvalue weighted by molar-refractivity contribution is 5.96. The Kier molecular flexibility index (Phi) is 5.35. The third kappa shape index (κ3) is 4.32. The third-order valence-electron chi connectivity index (χ3n) is 2.97. The van der Waals surface area contributed by atoms with Crippen molar-refractivity contribution in [1.82, 2.24) is 0 Å². The smallest absolute Gasteiger partial charge is 0.387 e. The standard InChI is InChI=1S/C16H15F2NO4/c1-21-13-7-3-6-12(15(19)20)14(13)22-9-10-4-2-5-11(8-10)23-16(17)18/h2-8,16H,9H2,1H3,(H2,19,20). The highest BCUT2D eigenvalue weighted by Crippen LogP contribution is 2.31. The third-order valence-corrected chi connectivity index (χ3v) is 2.97. The monoisotopic (exact) mass is 323 g/mol. The molecule has 0 heterocycles. The van der Waals surface area contributed by atoms with Crippen molar-refractivity contribution < 1.29 is 27.8 Å². The Bertz CT molecular complexity index is 692. The number of rotatable bonds is 7. The van der Waals surface area contributed by atoms with Crippen LogP contribution in [0.3, 0.4) is 0 Å². The van der Waals surface area contributed by atoms with Gasteiger partial charge in [-0.2, -0.15) is 8.78 Å². The molecular weight excluding hydrogens is 308 g/mol. The maximum Gasteiger partial charge on any atom is 0.387 e. The number of hydrogen-bond acceptors (Lipinski definition) is 4. The van der Waals surface area contributed by atoms with Crippen LogP contribution in [0.2, 0.25) is 0 Å². The number of para-hydroxylation sites is 1. The number of ether oxygens (including phenoxy) is 3. The highest BCUT2D eigenvalue weighted by Gasteiger charge is 2.15. The van der Waals surface area contributed by atoms with E-state index in [1.165, 1.54) is 25.3 Å². The molecule has 2 rings (SSSR count). The molecule has 0 spiro atoms. The fourth-order valence-corrected chi connectivity index (χ4v) is 1.99. The molecule has 2 aromatic carbocycles. The van der Waals surface area contributed by atoms with Crippen LogP contribution in [0.25, 0.3) is 0 Å². The molecule has 0 fully saturated rings. The predicted molar refractivity (Wildman–Crippen MR) is 78.9 cm³/mol. The van der Waals surface area contributed by atoms with E-state index in [2.05, 4.69) is 4.74 Å². The lowest BCUT2D eigenvalue weighted by Crippen LogP contribution is -2.13. The van der Waals surface area contributed by atoms with Gasteiger partial charge in [0, 0.05) is 0 Å². The van der Waals surface area contributed by atoms with Crippen LogP contribution >= 0.6 is 0 Å². The van der Waals surface area contributed by atoms with Gasteiger partial charge in [0.15, 0.2) is 11.5 Å². The number of amides is 1. The predicted octanol–water partition coefficient (Wildman–Crippen LogP) is 2.97. The number of hydrogen-bond donors (Lipinski definition) is 1. The van der Waals surface area contributed by atoms with Crippen molar-refractivity contribution in [3.8, 4) is 17.2 Å². The van der Waals surface area contributed by atoms with E-state index >= 15 is 0 Å². The van der Waals surface area contributed by atoms with Gasteiger partial charge in [0.1, 0.15) is 12.4 Å². The van der Waals surface area contributed by atoms with Gasteiger partial charge in [-0.25, -0.2) is 0 Å². The van der Waals surface area contributed by atoms with Crippen molar-refractivity contribution in [2.75, 3.05) is 7.11 Å². The first kappa shape index (κ1) is 16.5. The van der Waals surface area contributed by atoms with Crippen LogP contribution < -0.4 is 19.9 Å². The van der Waals surface area contributed by atoms with Gasteiger partial charge in [0.2, 0.25) is 0 Å². The van der Waals surface area contributed by atoms with Crippen molar-refractivity contribution >= 4 is 5.91 Å². The van der Waals surface area contributed by atoms with Crippen LogP contribution in [0.15, 0.2) is 42.5 Å². The van der Waals surface area contributed by atoms with Gasteiger partial charge in [0.25, 0.3) is 5.91 Å². The molecule has 0 aliphatic carbocycles. The molecule has 0 atom stereocenters. The molecule has 2 N–H and O–H groups in total. The first-order valence-corrected chi connectivity index (χ1v) is 6.64. The molecule has 0 saturated carbocycles. The summed E-state index contributed by atoms with van der Waals surface area (Å²) in [6.45, 7) is -2.87. The zero-order chi connectivity index (χ0) is 16.8. The normalized spacial score (nSPS) is 10.4. The largest absolute Gasteiger partial charge is 0.493 e. The van der Waals surface area contributed by atoms with Gasteiger partial charge in [-0.15, -0.1) is 0 Å². The second-order valence-electron chi connectivity index (χ2n) is 4.52. The molecule has 0 saturated heterocycles. The van der Waals surface area contributed by atoms with Gasteiger partial charge in [0.05, 0.1) is 12.7 Å². The molecule has 5 nitrogen and oxygen atoms in total. The lowest BCUT2D eigenvalue weighted by atomic mass is 10.1. The summed E-state index contributed by atoms with van der Waals surface area (Å²) >= 11 is 0. The van der Waals surface area contributed by atoms with Gasteiger partial charge >= 0.3 is 6.61 Å². The summed E-state index contributed by atoms with van der Waals surface area (Å²) in [5.41, 5.74) is 6.07. The van der Waals surface area contributed by atoms with Gasteiger partial charge in [-0.05, 0) is 29.8 Å². The lowest BCUT2D eigenvalue weighted by molar-refractivity contribution is -0.0499. The summed E-state index contributed by atoms with van der Waals surface area (Å²) in [6.07, 6.45) is 0. The Morgan fingerprint density at radius 1 is 1.22 bits per heavy atom. The molecule has 0 aliphatic rings. The maximum atomic E-state index is 12.2. The van der Waals surface area contributed by atoms with E-state index in [4.69, 9.17) is 15.2 Å². The number of benzene rings is 2. The van der Waals surface area contributed by atoms with E-state index in [1.54, 1.807) is 24.3 Å². The summed E-state index contributed by atoms with van der Waals surface area (Å²) in [6, 6.07) is 10.8. The van der Waals surface area contributed by atoms with E-state index in [0.717, 1.165) is 0 Å². The van der Waals surface area contributed by atoms with Gasteiger partial charge in [-0.3, -0.25) is 4.79 Å². The minimum Gasteiger partial charge on any atom is -0.493 e. The summed E-state index contributed by atoms with van der Waals surface area (Å²) in [4.78, 5) is 11.5. The van der Waals surface area contributed by atoms with E-state index < -0.39 is 12.5 Å². The molecule has 2 aromatic rings. The highest BCUT2D eigenvalue weighted by atomic mass is 19.3. The quantitative estimate of drug-likeness (QED) is 0.850. The molecular formula is C16H15F2NO4. The number of alkyl halides is 2. The zero-order valence-electron chi connectivity index (χ0n) is 12.3. The second-order valence-corrected chi connectivity index (χ2v) is 4.52. The molecule has 0 unspecified atom stereocenters. The summed E-state index contributed by atoms with van der Waals surface area (Å²) in [7, 11) is 1.43. The number of methoxy groups -OCH3 is 1. The van der Waals surface area contributed by atoms with Crippen LogP contribution in [-0.4, -0.2) is 19.6 Å². The Morgan fingerprint density at radius 3 is 2.61 bits per heavy atom. The SMILES string of the molecule is COc1cccc(C(N)=O)c1OCc1cccc(OC(F)F)c1. The molecule has 0 bridgehead atoms. The van der Waals surface area contributed by atoms with Crippen molar-refractivity contribution in [1.29, 1.82) is 0 Å². The molecule has 0 aromatic heterocycles. The lowest BCUT2D eigenvalue weighted by Gasteiger charge is -2.14. The maximum absolute atomic E-state index is 12.2. The van der Waals surface area contributed by atoms with Crippen LogP contribution in [0, 0.1) is 0 Å². The summed E-state index contributed by atoms with van der Waals surface area (Å²) < 4.78 is 39.5. The topological polar surface area (TPSA) is 70.8 Å². The minimum absolute atomic E-state index is 0.0243. The molecule has 1 amide bonds. The fourth-order valence-electron chi connectivity index (χ4n) is 1.99. The Labute approximate surface area is 131 Å². The Hall–Kier alpha value is -2.83. The van der Waals surface area contributed by atoms with Gasteiger partial charge in [-0.1, -0.05) is 18.2 Å². The number of primary amides is 1. The average Bonchev–Trinajstić information content (AvgIpc) is 2.52. The fraction of sp³-hybridized carbons (Fsp3) is 0.188. The minimum atomic E-state index is -2.90.